The molecular weight excluding hydrogens is 550 g/mol. The van der Waals surface area contributed by atoms with E-state index in [1.807, 2.05) is 0 Å². The lowest BCUT2D eigenvalue weighted by Gasteiger charge is -2.12. The Morgan fingerprint density at radius 3 is 1.79 bits per heavy atom. The number of sulfone groups is 1. The molecule has 33 heavy (non-hydrogen) atoms. The fourth-order valence-corrected chi connectivity index (χ4v) is 6.83. The van der Waals surface area contributed by atoms with Crippen molar-refractivity contribution in [2.24, 2.45) is 0 Å². The van der Waals surface area contributed by atoms with E-state index in [1.54, 1.807) is 0 Å². The Balaban J connectivity index is 2.01. The van der Waals surface area contributed by atoms with Crippen molar-refractivity contribution in [3.63, 3.8) is 0 Å². The van der Waals surface area contributed by atoms with E-state index in [1.165, 1.54) is 66.7 Å². The van der Waals surface area contributed by atoms with Gasteiger partial charge in [-0.3, -0.25) is 0 Å². The van der Waals surface area contributed by atoms with Crippen LogP contribution in [0.4, 0.5) is 0 Å². The Morgan fingerprint density at radius 2 is 1.21 bits per heavy atom. The molecule has 6 nitrogen and oxygen atoms in total. The lowest BCUT2D eigenvalue weighted by Crippen LogP contribution is -2.17. The van der Waals surface area contributed by atoms with Gasteiger partial charge in [-0.2, -0.15) is 17.6 Å². The van der Waals surface area contributed by atoms with Crippen LogP contribution in [0.5, 0.6) is 0 Å². The van der Waals surface area contributed by atoms with E-state index in [4.69, 9.17) is 46.4 Å². The molecule has 0 bridgehead atoms. The van der Waals surface area contributed by atoms with Crippen molar-refractivity contribution in [3.05, 3.63) is 93.0 Å². The molecule has 4 rings (SSSR count). The highest BCUT2D eigenvalue weighted by molar-refractivity contribution is 7.92. The number of hydrogen-bond acceptors (Lipinski definition) is 5. The van der Waals surface area contributed by atoms with Crippen LogP contribution in [0.2, 0.25) is 20.1 Å². The molecule has 0 unspecified atom stereocenters. The molecule has 0 saturated carbocycles. The van der Waals surface area contributed by atoms with Gasteiger partial charge < -0.3 is 0 Å². The molecule has 12 heteroatoms. The van der Waals surface area contributed by atoms with Crippen molar-refractivity contribution in [1.82, 2.24) is 9.19 Å². The van der Waals surface area contributed by atoms with Gasteiger partial charge in [0.1, 0.15) is 15.5 Å². The number of nitrogens with zero attached hydrogens (tertiary/aromatic N) is 2. The zero-order valence-electron chi connectivity index (χ0n) is 16.3. The third kappa shape index (κ3) is 4.51. The third-order valence-electron chi connectivity index (χ3n) is 4.64. The molecule has 0 aliphatic heterocycles. The van der Waals surface area contributed by atoms with Crippen LogP contribution in [0, 0.1) is 0 Å². The lowest BCUT2D eigenvalue weighted by atomic mass is 10.2. The SMILES string of the molecule is O=S(=O)(c1ccc(Cl)cc1)c1cnn(S(=O)(=O)c2ccc(Cl)cc2Cl)c1-c1ccc(Cl)cc1. The summed E-state index contributed by atoms with van der Waals surface area (Å²) < 4.78 is 54.5. The van der Waals surface area contributed by atoms with Gasteiger partial charge in [-0.15, -0.1) is 0 Å². The lowest BCUT2D eigenvalue weighted by molar-refractivity contribution is 0.581. The molecule has 0 aliphatic carbocycles. The summed E-state index contributed by atoms with van der Waals surface area (Å²) in [6.07, 6.45) is 0.981. The molecule has 170 valence electrons. The average Bonchev–Trinajstić information content (AvgIpc) is 3.21. The Bertz CT molecular complexity index is 1570. The molecule has 3 aromatic carbocycles. The topological polar surface area (TPSA) is 86.1 Å². The van der Waals surface area contributed by atoms with E-state index in [0.29, 0.717) is 14.1 Å². The highest BCUT2D eigenvalue weighted by atomic mass is 35.5. The second-order valence-corrected chi connectivity index (χ2v) is 12.1. The van der Waals surface area contributed by atoms with Gasteiger partial charge in [-0.1, -0.05) is 58.5 Å². The predicted molar refractivity (Wildman–Crippen MR) is 129 cm³/mol. The maximum atomic E-state index is 13.5. The fraction of sp³-hybridized carbons (Fsp3) is 0. The van der Waals surface area contributed by atoms with Crippen LogP contribution in [0.1, 0.15) is 0 Å². The van der Waals surface area contributed by atoms with Crippen LogP contribution >= 0.6 is 46.4 Å². The van der Waals surface area contributed by atoms with Crippen LogP contribution in [0.3, 0.4) is 0 Å². The zero-order chi connectivity index (χ0) is 24.0. The van der Waals surface area contributed by atoms with E-state index in [0.717, 1.165) is 6.20 Å². The number of rotatable bonds is 5. The van der Waals surface area contributed by atoms with Gasteiger partial charge in [0.25, 0.3) is 10.0 Å². The summed E-state index contributed by atoms with van der Waals surface area (Å²) in [5.74, 6) is 0. The van der Waals surface area contributed by atoms with Crippen molar-refractivity contribution >= 4 is 66.3 Å². The van der Waals surface area contributed by atoms with E-state index in [-0.39, 0.29) is 36.0 Å². The van der Waals surface area contributed by atoms with Crippen LogP contribution < -0.4 is 0 Å². The van der Waals surface area contributed by atoms with Gasteiger partial charge in [-0.05, 0) is 54.6 Å². The highest BCUT2D eigenvalue weighted by Gasteiger charge is 2.32. The summed E-state index contributed by atoms with van der Waals surface area (Å²) >= 11 is 23.9. The fourth-order valence-electron chi connectivity index (χ4n) is 3.08. The quantitative estimate of drug-likeness (QED) is 0.288. The Morgan fingerprint density at radius 1 is 0.667 bits per heavy atom. The average molecular weight is 562 g/mol. The van der Waals surface area contributed by atoms with Crippen molar-refractivity contribution in [2.45, 2.75) is 14.7 Å². The molecular formula is C21H12Cl4N2O4S2. The van der Waals surface area contributed by atoms with Gasteiger partial charge >= 0.3 is 0 Å². The summed E-state index contributed by atoms with van der Waals surface area (Å²) in [4.78, 5) is -0.688. The smallest absolute Gasteiger partial charge is 0.218 e. The predicted octanol–water partition coefficient (Wildman–Crippen LogP) is 6.23. The van der Waals surface area contributed by atoms with Gasteiger partial charge in [0.15, 0.2) is 0 Å². The van der Waals surface area contributed by atoms with Gasteiger partial charge in [-0.25, -0.2) is 8.42 Å². The first-order chi connectivity index (χ1) is 15.5. The Kier molecular flexibility index (Phi) is 6.52. The number of hydrogen-bond donors (Lipinski definition) is 0. The first kappa shape index (κ1) is 24.1. The van der Waals surface area contributed by atoms with Crippen molar-refractivity contribution in [1.29, 1.82) is 0 Å². The monoisotopic (exact) mass is 560 g/mol. The highest BCUT2D eigenvalue weighted by Crippen LogP contribution is 2.36. The van der Waals surface area contributed by atoms with E-state index < -0.39 is 19.9 Å². The van der Waals surface area contributed by atoms with E-state index in [9.17, 15) is 16.8 Å². The first-order valence-corrected chi connectivity index (χ1v) is 13.5. The second kappa shape index (κ2) is 8.94. The minimum absolute atomic E-state index is 0.0800. The third-order valence-corrected chi connectivity index (χ3v) is 9.21. The zero-order valence-corrected chi connectivity index (χ0v) is 20.9. The molecule has 0 N–H and O–H groups in total. The summed E-state index contributed by atoms with van der Waals surface area (Å²) in [5.41, 5.74) is 0.0886. The maximum absolute atomic E-state index is 13.5. The van der Waals surface area contributed by atoms with Crippen molar-refractivity contribution in [2.75, 3.05) is 0 Å². The molecule has 1 heterocycles. The normalized spacial score (nSPS) is 12.1. The molecule has 0 radical (unpaired) electrons. The Hall–Kier alpha value is -2.07. The Labute approximate surface area is 210 Å². The number of aromatic nitrogens is 2. The first-order valence-electron chi connectivity index (χ1n) is 9.07. The van der Waals surface area contributed by atoms with Crippen LogP contribution in [0.25, 0.3) is 11.3 Å². The molecule has 0 spiro atoms. The van der Waals surface area contributed by atoms with E-state index in [2.05, 4.69) is 5.10 Å². The molecule has 4 aromatic rings. The molecule has 0 fully saturated rings. The number of benzene rings is 3. The summed E-state index contributed by atoms with van der Waals surface area (Å²) in [6.45, 7) is 0. The maximum Gasteiger partial charge on any atom is 0.285 e. The summed E-state index contributed by atoms with van der Waals surface area (Å²) in [6, 6.07) is 15.4. The molecule has 1 aromatic heterocycles. The van der Waals surface area contributed by atoms with E-state index >= 15 is 0 Å². The second-order valence-electron chi connectivity index (χ2n) is 6.74. The standard InChI is InChI=1S/C21H12Cl4N2O4S2/c22-14-3-1-13(2-4-14)21-20(32(28,29)17-8-5-15(23)6-9-17)12-26-27(21)33(30,31)19-10-7-16(24)11-18(19)25/h1-12H. The van der Waals surface area contributed by atoms with Crippen LogP contribution in [-0.2, 0) is 19.9 Å². The molecule has 0 saturated heterocycles. The minimum atomic E-state index is -4.41. The molecule has 0 amide bonds. The largest absolute Gasteiger partial charge is 0.285 e. The van der Waals surface area contributed by atoms with Gasteiger partial charge in [0.2, 0.25) is 9.84 Å². The van der Waals surface area contributed by atoms with Crippen LogP contribution in [-0.4, -0.2) is 26.0 Å². The number of halogens is 4. The molecule has 0 aliphatic rings. The minimum Gasteiger partial charge on any atom is -0.218 e. The van der Waals surface area contributed by atoms with Gasteiger partial charge in [0, 0.05) is 20.6 Å². The van der Waals surface area contributed by atoms with Crippen LogP contribution in [0.15, 0.2) is 87.6 Å². The summed E-state index contributed by atoms with van der Waals surface area (Å²) in [5, 5.41) is 4.77. The summed E-state index contributed by atoms with van der Waals surface area (Å²) in [7, 11) is -8.58. The van der Waals surface area contributed by atoms with Crippen molar-refractivity contribution < 1.29 is 16.8 Å². The van der Waals surface area contributed by atoms with Crippen molar-refractivity contribution in [3.8, 4) is 11.3 Å². The van der Waals surface area contributed by atoms with Gasteiger partial charge in [0.05, 0.1) is 16.1 Å². The molecule has 0 atom stereocenters.